The van der Waals surface area contributed by atoms with Crippen molar-refractivity contribution in [2.75, 3.05) is 43.5 Å². The fourth-order valence-electron chi connectivity index (χ4n) is 2.15. The van der Waals surface area contributed by atoms with Crippen LogP contribution in [0.15, 0.2) is 16.9 Å². The first-order valence-electron chi connectivity index (χ1n) is 5.76. The van der Waals surface area contributed by atoms with Crippen molar-refractivity contribution in [1.82, 2.24) is 4.90 Å². The molecule has 0 spiro atoms. The number of furan rings is 1. The van der Waals surface area contributed by atoms with Gasteiger partial charge in [-0.1, -0.05) is 0 Å². The molecule has 1 amide bonds. The lowest BCUT2D eigenvalue weighted by atomic mass is 10.2. The summed E-state index contributed by atoms with van der Waals surface area (Å²) in [7, 11) is 0. The second-order valence-electron chi connectivity index (χ2n) is 4.30. The van der Waals surface area contributed by atoms with Crippen LogP contribution < -0.4 is 10.6 Å². The number of ether oxygens (including phenoxy) is 1. The van der Waals surface area contributed by atoms with E-state index in [2.05, 4.69) is 15.5 Å². The maximum Gasteiger partial charge on any atom is 0.248 e. The van der Waals surface area contributed by atoms with Crippen LogP contribution in [0.3, 0.4) is 0 Å². The Morgan fingerprint density at radius 2 is 2.06 bits per heavy atom. The van der Waals surface area contributed by atoms with Gasteiger partial charge >= 0.3 is 0 Å². The number of hydrogen-bond donors (Lipinski definition) is 2. The van der Waals surface area contributed by atoms with Crippen LogP contribution in [-0.2, 0) is 9.53 Å². The van der Waals surface area contributed by atoms with Gasteiger partial charge in [-0.25, -0.2) is 0 Å². The lowest BCUT2D eigenvalue weighted by Crippen LogP contribution is -2.49. The molecule has 0 saturated carbocycles. The van der Waals surface area contributed by atoms with Crippen molar-refractivity contribution in [3.8, 4) is 0 Å². The Balaban J connectivity index is 1.66. The molecule has 3 heterocycles. The van der Waals surface area contributed by atoms with Crippen molar-refractivity contribution in [1.29, 1.82) is 0 Å². The van der Waals surface area contributed by atoms with Crippen LogP contribution in [0.4, 0.5) is 11.4 Å². The molecule has 6 nitrogen and oxygen atoms in total. The smallest absolute Gasteiger partial charge is 0.248 e. The quantitative estimate of drug-likeness (QED) is 0.776. The Bertz CT molecular complexity index is 412. The number of nitrogens with zero attached hydrogens (tertiary/aromatic N) is 1. The van der Waals surface area contributed by atoms with Gasteiger partial charge in [0.2, 0.25) is 5.91 Å². The SMILES string of the molecule is O=C1Nc2cocc2NC1CN1CCOCC1. The van der Waals surface area contributed by atoms with E-state index in [9.17, 15) is 4.79 Å². The second-order valence-corrected chi connectivity index (χ2v) is 4.30. The van der Waals surface area contributed by atoms with Crippen molar-refractivity contribution < 1.29 is 13.9 Å². The van der Waals surface area contributed by atoms with Gasteiger partial charge in [0, 0.05) is 19.6 Å². The molecule has 1 unspecified atom stereocenters. The maximum atomic E-state index is 11.9. The van der Waals surface area contributed by atoms with Crippen LogP contribution in [0.2, 0.25) is 0 Å². The van der Waals surface area contributed by atoms with Gasteiger partial charge in [-0.2, -0.15) is 0 Å². The van der Waals surface area contributed by atoms with E-state index >= 15 is 0 Å². The number of morpholine rings is 1. The van der Waals surface area contributed by atoms with Gasteiger partial charge in [-0.05, 0) is 0 Å². The summed E-state index contributed by atoms with van der Waals surface area (Å²) in [6.45, 7) is 3.93. The van der Waals surface area contributed by atoms with Gasteiger partial charge < -0.3 is 19.8 Å². The van der Waals surface area contributed by atoms with Crippen LogP contribution in [0.25, 0.3) is 0 Å². The third-order valence-electron chi connectivity index (χ3n) is 3.11. The van der Waals surface area contributed by atoms with Crippen LogP contribution >= 0.6 is 0 Å². The standard InChI is InChI=1S/C11H15N3O3/c15-11-8(5-14-1-3-16-4-2-14)12-9-6-17-7-10(9)13-11/h6-8,12H,1-5H2,(H,13,15). The minimum atomic E-state index is -0.224. The molecular formula is C11H15N3O3. The molecule has 0 aliphatic carbocycles. The maximum absolute atomic E-state index is 11.9. The van der Waals surface area contributed by atoms with Crippen LogP contribution in [0, 0.1) is 0 Å². The lowest BCUT2D eigenvalue weighted by molar-refractivity contribution is -0.117. The zero-order chi connectivity index (χ0) is 11.7. The lowest BCUT2D eigenvalue weighted by Gasteiger charge is -2.32. The molecule has 1 fully saturated rings. The first-order valence-corrected chi connectivity index (χ1v) is 5.76. The van der Waals surface area contributed by atoms with Crippen molar-refractivity contribution in [2.45, 2.75) is 6.04 Å². The van der Waals surface area contributed by atoms with E-state index in [0.29, 0.717) is 12.2 Å². The highest BCUT2D eigenvalue weighted by molar-refractivity contribution is 6.02. The molecule has 1 aromatic heterocycles. The topological polar surface area (TPSA) is 66.7 Å². The highest BCUT2D eigenvalue weighted by Crippen LogP contribution is 2.27. The number of hydrogen-bond acceptors (Lipinski definition) is 5. The van der Waals surface area contributed by atoms with Gasteiger partial charge in [-0.3, -0.25) is 9.69 Å². The van der Waals surface area contributed by atoms with Crippen molar-refractivity contribution in [2.24, 2.45) is 0 Å². The summed E-state index contributed by atoms with van der Waals surface area (Å²) in [4.78, 5) is 14.1. The minimum absolute atomic E-state index is 0.00890. The molecule has 0 bridgehead atoms. The third-order valence-corrected chi connectivity index (χ3v) is 3.11. The molecule has 1 atom stereocenters. The average Bonchev–Trinajstić information content (AvgIpc) is 2.78. The molecule has 3 rings (SSSR count). The van der Waals surface area contributed by atoms with Gasteiger partial charge in [0.1, 0.15) is 24.3 Å². The summed E-state index contributed by atoms with van der Waals surface area (Å²) < 4.78 is 10.3. The molecule has 2 aliphatic rings. The summed E-state index contributed by atoms with van der Waals surface area (Å²) in [5, 5.41) is 6.01. The number of fused-ring (bicyclic) bond motifs is 1. The molecule has 1 saturated heterocycles. The van der Waals surface area contributed by atoms with Gasteiger partial charge in [-0.15, -0.1) is 0 Å². The Labute approximate surface area is 98.9 Å². The zero-order valence-electron chi connectivity index (χ0n) is 9.44. The molecule has 1 aromatic rings. The van der Waals surface area contributed by atoms with E-state index in [1.807, 2.05) is 0 Å². The molecule has 6 heteroatoms. The number of carbonyl (C=O) groups excluding carboxylic acids is 1. The Kier molecular flexibility index (Phi) is 2.74. The molecule has 2 aliphatic heterocycles. The fourth-order valence-corrected chi connectivity index (χ4v) is 2.15. The van der Waals surface area contributed by atoms with Crippen LogP contribution in [0.5, 0.6) is 0 Å². The highest BCUT2D eigenvalue weighted by atomic mass is 16.5. The summed E-state index contributed by atoms with van der Waals surface area (Å²) in [5.74, 6) is -0.00890. The van der Waals surface area contributed by atoms with Gasteiger partial charge in [0.05, 0.1) is 18.9 Å². The van der Waals surface area contributed by atoms with Crippen molar-refractivity contribution in [3.63, 3.8) is 0 Å². The second kappa shape index (κ2) is 4.38. The number of nitrogens with one attached hydrogen (secondary N) is 2. The molecule has 92 valence electrons. The number of rotatable bonds is 2. The van der Waals surface area contributed by atoms with Gasteiger partial charge in [0.25, 0.3) is 0 Å². The third kappa shape index (κ3) is 2.13. The summed E-state index contributed by atoms with van der Waals surface area (Å²) in [6.07, 6.45) is 3.15. The van der Waals surface area contributed by atoms with Crippen LogP contribution in [-0.4, -0.2) is 49.7 Å². The number of carbonyl (C=O) groups is 1. The van der Waals surface area contributed by atoms with E-state index < -0.39 is 0 Å². The summed E-state index contributed by atoms with van der Waals surface area (Å²) >= 11 is 0. The highest BCUT2D eigenvalue weighted by Gasteiger charge is 2.28. The number of amides is 1. The first kappa shape index (κ1) is 10.6. The zero-order valence-corrected chi connectivity index (χ0v) is 9.44. The molecular weight excluding hydrogens is 222 g/mol. The fraction of sp³-hybridized carbons (Fsp3) is 0.545. The molecule has 0 aromatic carbocycles. The van der Waals surface area contributed by atoms with E-state index in [1.165, 1.54) is 6.26 Å². The Hall–Kier alpha value is -1.53. The Morgan fingerprint density at radius 1 is 1.29 bits per heavy atom. The van der Waals surface area contributed by atoms with Gasteiger partial charge in [0.15, 0.2) is 0 Å². The van der Waals surface area contributed by atoms with Crippen molar-refractivity contribution in [3.05, 3.63) is 12.5 Å². The summed E-state index contributed by atoms with van der Waals surface area (Å²) in [5.41, 5.74) is 1.57. The monoisotopic (exact) mass is 237 g/mol. The number of anilines is 2. The van der Waals surface area contributed by atoms with Crippen LogP contribution in [0.1, 0.15) is 0 Å². The molecule has 0 radical (unpaired) electrons. The summed E-state index contributed by atoms with van der Waals surface area (Å²) in [6, 6.07) is -0.224. The first-order chi connectivity index (χ1) is 8.33. The molecule has 2 N–H and O–H groups in total. The minimum Gasteiger partial charge on any atom is -0.468 e. The van der Waals surface area contributed by atoms with E-state index in [4.69, 9.17) is 9.15 Å². The largest absolute Gasteiger partial charge is 0.468 e. The predicted octanol–water partition coefficient (Wildman–Crippen LogP) is 0.344. The Morgan fingerprint density at radius 3 is 2.88 bits per heavy atom. The van der Waals surface area contributed by atoms with E-state index in [0.717, 1.165) is 32.0 Å². The molecule has 17 heavy (non-hydrogen) atoms. The van der Waals surface area contributed by atoms with E-state index in [1.54, 1.807) is 6.26 Å². The van der Waals surface area contributed by atoms with E-state index in [-0.39, 0.29) is 11.9 Å². The van der Waals surface area contributed by atoms with Crippen molar-refractivity contribution >= 4 is 17.3 Å². The normalized spacial score (nSPS) is 24.9. The average molecular weight is 237 g/mol. The predicted molar refractivity (Wildman–Crippen MR) is 62.0 cm³/mol.